The van der Waals surface area contributed by atoms with Crippen LogP contribution >= 0.6 is 28.4 Å². The molecule has 2 aromatic heterocycles. The van der Waals surface area contributed by atoms with Crippen LogP contribution in [0.25, 0.3) is 10.9 Å². The molecular weight excluding hydrogens is 340 g/mol. The number of anilines is 2. The van der Waals surface area contributed by atoms with Gasteiger partial charge in [0.25, 0.3) is 0 Å². The number of amides is 1. The van der Waals surface area contributed by atoms with E-state index >= 15 is 0 Å². The van der Waals surface area contributed by atoms with Crippen molar-refractivity contribution in [1.29, 1.82) is 0 Å². The summed E-state index contributed by atoms with van der Waals surface area (Å²) in [6.45, 7) is 1.44. The van der Waals surface area contributed by atoms with Crippen LogP contribution < -0.4 is 11.1 Å². The van der Waals surface area contributed by atoms with Crippen molar-refractivity contribution >= 4 is 56.7 Å². The Balaban J connectivity index is 2.62. The third-order valence-corrected chi connectivity index (χ3v) is 3.86. The summed E-state index contributed by atoms with van der Waals surface area (Å²) < 4.78 is 1.77. The molecule has 6 nitrogen and oxygen atoms in total. The van der Waals surface area contributed by atoms with Crippen molar-refractivity contribution in [3.63, 3.8) is 0 Å². The molecule has 0 bridgehead atoms. The van der Waals surface area contributed by atoms with E-state index in [0.29, 0.717) is 23.4 Å². The molecule has 0 aliphatic carbocycles. The number of carbonyl (C=O) groups excluding carboxylic acids is 1. The number of halogens is 1. The third kappa shape index (κ3) is 2.10. The Morgan fingerprint density at radius 3 is 3.06 bits per heavy atom. The fourth-order valence-electron chi connectivity index (χ4n) is 1.35. The van der Waals surface area contributed by atoms with Gasteiger partial charge in [-0.2, -0.15) is 5.10 Å². The maximum absolute atomic E-state index is 11.0. The molecule has 1 atom stereocenters. The first kappa shape index (κ1) is 11.5. The minimum absolute atomic E-state index is 0.153. The van der Waals surface area contributed by atoms with Crippen LogP contribution in [0.2, 0.25) is 0 Å². The summed E-state index contributed by atoms with van der Waals surface area (Å²) in [4.78, 5) is 15.0. The highest BCUT2D eigenvalue weighted by molar-refractivity contribution is 14.2. The highest BCUT2D eigenvalue weighted by Gasteiger charge is 2.10. The summed E-state index contributed by atoms with van der Waals surface area (Å²) >= 11 is 2.22. The summed E-state index contributed by atoms with van der Waals surface area (Å²) in [6.07, 6.45) is 3.83. The van der Waals surface area contributed by atoms with Crippen LogP contribution in [0, 0.1) is 0 Å². The number of nitrogen functional groups attached to an aromatic ring is 1. The van der Waals surface area contributed by atoms with E-state index in [1.807, 2.05) is 6.20 Å². The van der Waals surface area contributed by atoms with E-state index in [0.717, 1.165) is 5.39 Å². The standard InChI is InChI=1S/C8H9IN5OP/c1-4(15)12-6-2-11-8(10)5-3-14(16-9)13-7(5)6/h2-3,16H,1H3,(H2,10,11)(H,12,15). The van der Waals surface area contributed by atoms with Crippen LogP contribution in [0.5, 0.6) is 0 Å². The predicted octanol–water partition coefficient (Wildman–Crippen LogP) is 1.76. The fourth-order valence-corrected chi connectivity index (χ4v) is 2.41. The van der Waals surface area contributed by atoms with Crippen molar-refractivity contribution in [3.8, 4) is 0 Å². The average molecular weight is 349 g/mol. The van der Waals surface area contributed by atoms with Crippen LogP contribution in [-0.4, -0.2) is 20.4 Å². The molecule has 3 N–H and O–H groups in total. The van der Waals surface area contributed by atoms with Crippen LogP contribution in [0.4, 0.5) is 11.5 Å². The van der Waals surface area contributed by atoms with E-state index in [1.54, 1.807) is 4.45 Å². The number of nitrogens with two attached hydrogens (primary N) is 1. The van der Waals surface area contributed by atoms with Crippen LogP contribution in [0.15, 0.2) is 12.4 Å². The van der Waals surface area contributed by atoms with Gasteiger partial charge in [0.1, 0.15) is 11.3 Å². The first-order valence-electron chi connectivity index (χ1n) is 4.40. The number of nitrogens with one attached hydrogen (secondary N) is 1. The second-order valence-corrected chi connectivity index (χ2v) is 5.23. The first-order chi connectivity index (χ1) is 7.61. The zero-order valence-electron chi connectivity index (χ0n) is 8.36. The zero-order chi connectivity index (χ0) is 11.7. The number of carbonyl (C=O) groups is 1. The van der Waals surface area contributed by atoms with E-state index in [4.69, 9.17) is 5.73 Å². The SMILES string of the molecule is CC(=O)Nc1cnc(N)c2cn(PI)nc12. The number of hydrogen-bond acceptors (Lipinski definition) is 4. The molecule has 2 rings (SSSR count). The van der Waals surface area contributed by atoms with Gasteiger partial charge in [0.2, 0.25) is 5.91 Å². The monoisotopic (exact) mass is 349 g/mol. The number of pyridine rings is 1. The van der Waals surface area contributed by atoms with E-state index < -0.39 is 0 Å². The Morgan fingerprint density at radius 1 is 1.69 bits per heavy atom. The van der Waals surface area contributed by atoms with Gasteiger partial charge in [0.15, 0.2) is 0 Å². The zero-order valence-corrected chi connectivity index (χ0v) is 11.5. The average Bonchev–Trinajstić information content (AvgIpc) is 2.66. The summed E-state index contributed by atoms with van der Waals surface area (Å²) in [6, 6.07) is 0. The molecular formula is C8H9IN5OP. The van der Waals surface area contributed by atoms with Gasteiger partial charge >= 0.3 is 0 Å². The Hall–Kier alpha value is -0.950. The second kappa shape index (κ2) is 4.50. The van der Waals surface area contributed by atoms with Crippen molar-refractivity contribution in [1.82, 2.24) is 14.5 Å². The topological polar surface area (TPSA) is 85.8 Å². The minimum Gasteiger partial charge on any atom is -0.383 e. The largest absolute Gasteiger partial charge is 0.383 e. The Bertz CT molecular complexity index is 555. The molecule has 0 aliphatic heterocycles. The van der Waals surface area contributed by atoms with Gasteiger partial charge in [0, 0.05) is 13.1 Å². The van der Waals surface area contributed by atoms with Crippen LogP contribution in [0.3, 0.4) is 0 Å². The normalized spacial score (nSPS) is 11.4. The molecule has 1 unspecified atom stereocenters. The van der Waals surface area contributed by atoms with Gasteiger partial charge in [-0.15, -0.1) is 0 Å². The lowest BCUT2D eigenvalue weighted by Gasteiger charge is -2.02. The summed E-state index contributed by atoms with van der Waals surface area (Å²) in [5, 5.41) is 7.77. The van der Waals surface area contributed by atoms with Gasteiger partial charge in [-0.25, -0.2) is 9.44 Å². The molecule has 0 saturated carbocycles. The molecule has 16 heavy (non-hydrogen) atoms. The molecule has 0 fully saturated rings. The third-order valence-electron chi connectivity index (χ3n) is 1.98. The molecule has 0 saturated heterocycles. The summed E-state index contributed by atoms with van der Waals surface area (Å²) in [5.74, 6) is 0.268. The lowest BCUT2D eigenvalue weighted by Crippen LogP contribution is -2.07. The maximum Gasteiger partial charge on any atom is 0.221 e. The van der Waals surface area contributed by atoms with E-state index in [2.05, 4.69) is 37.4 Å². The van der Waals surface area contributed by atoms with Crippen molar-refractivity contribution in [2.24, 2.45) is 0 Å². The predicted molar refractivity (Wildman–Crippen MR) is 74.0 cm³/mol. The number of hydrogen-bond donors (Lipinski definition) is 2. The lowest BCUT2D eigenvalue weighted by atomic mass is 10.3. The number of fused-ring (bicyclic) bond motifs is 1. The quantitative estimate of drug-likeness (QED) is 0.639. The molecule has 0 aliphatic rings. The summed E-state index contributed by atoms with van der Waals surface area (Å²) in [7, 11) is 0. The van der Waals surface area contributed by atoms with Crippen molar-refractivity contribution in [3.05, 3.63) is 12.4 Å². The Kier molecular flexibility index (Phi) is 3.25. The molecule has 0 spiro atoms. The Morgan fingerprint density at radius 2 is 2.44 bits per heavy atom. The second-order valence-electron chi connectivity index (χ2n) is 3.16. The smallest absolute Gasteiger partial charge is 0.221 e. The van der Waals surface area contributed by atoms with E-state index in [1.165, 1.54) is 13.1 Å². The number of aromatic nitrogens is 3. The highest BCUT2D eigenvalue weighted by Crippen LogP contribution is 2.30. The van der Waals surface area contributed by atoms with Gasteiger partial charge < -0.3 is 11.1 Å². The molecule has 84 valence electrons. The first-order valence-corrected chi connectivity index (χ1v) is 8.46. The molecule has 2 aromatic rings. The molecule has 8 heteroatoms. The number of rotatable bonds is 2. The molecule has 0 aromatic carbocycles. The lowest BCUT2D eigenvalue weighted by molar-refractivity contribution is -0.114. The minimum atomic E-state index is -0.153. The van der Waals surface area contributed by atoms with Gasteiger partial charge in [0.05, 0.1) is 23.6 Å². The maximum atomic E-state index is 11.0. The van der Waals surface area contributed by atoms with E-state index in [-0.39, 0.29) is 5.91 Å². The number of nitrogens with zero attached hydrogens (tertiary/aromatic N) is 3. The molecule has 0 radical (unpaired) electrons. The van der Waals surface area contributed by atoms with Gasteiger partial charge in [-0.3, -0.25) is 4.79 Å². The van der Waals surface area contributed by atoms with Crippen LogP contribution in [0.1, 0.15) is 6.92 Å². The van der Waals surface area contributed by atoms with Gasteiger partial charge in [-0.05, 0) is 22.0 Å². The van der Waals surface area contributed by atoms with E-state index in [9.17, 15) is 4.79 Å². The van der Waals surface area contributed by atoms with Crippen molar-refractivity contribution in [2.45, 2.75) is 6.92 Å². The van der Waals surface area contributed by atoms with Crippen molar-refractivity contribution < 1.29 is 4.79 Å². The van der Waals surface area contributed by atoms with Crippen molar-refractivity contribution in [2.75, 3.05) is 11.1 Å². The Labute approximate surface area is 106 Å². The molecule has 1 amide bonds. The van der Waals surface area contributed by atoms with Crippen LogP contribution in [-0.2, 0) is 4.79 Å². The molecule has 2 heterocycles. The fraction of sp³-hybridized carbons (Fsp3) is 0.125. The summed E-state index contributed by atoms with van der Waals surface area (Å²) in [5.41, 5.74) is 7.01. The van der Waals surface area contributed by atoms with Gasteiger partial charge in [-0.1, -0.05) is 0 Å². The highest BCUT2D eigenvalue weighted by atomic mass is 127.